The lowest BCUT2D eigenvalue weighted by molar-refractivity contribution is -0.143. The number of fused-ring (bicyclic) bond motifs is 3. The molecule has 20 heavy (non-hydrogen) atoms. The van der Waals surface area contributed by atoms with Gasteiger partial charge >= 0.3 is 5.97 Å². The second-order valence-electron chi connectivity index (χ2n) is 7.17. The van der Waals surface area contributed by atoms with Crippen LogP contribution in [-0.2, 0) is 4.79 Å². The average Bonchev–Trinajstić information content (AvgIpc) is 2.48. The fourth-order valence-electron chi connectivity index (χ4n) is 4.87. The first-order valence-corrected chi connectivity index (χ1v) is 8.28. The molecule has 114 valence electrons. The number of hydrogen-bond donors (Lipinski definition) is 1. The minimum atomic E-state index is -0.625. The largest absolute Gasteiger partial charge is 0.481 e. The summed E-state index contributed by atoms with van der Waals surface area (Å²) in [4.78, 5) is 16.4. The number of hydrogen-bond acceptors (Lipinski definition) is 3. The number of piperidine rings is 3. The Morgan fingerprint density at radius 3 is 2.40 bits per heavy atom. The van der Waals surface area contributed by atoms with Crippen LogP contribution >= 0.6 is 0 Å². The molecule has 0 aromatic heterocycles. The molecule has 0 aromatic rings. The van der Waals surface area contributed by atoms with E-state index in [9.17, 15) is 9.90 Å². The smallest absolute Gasteiger partial charge is 0.305 e. The summed E-state index contributed by atoms with van der Waals surface area (Å²) < 4.78 is 0. The Balaban J connectivity index is 1.77. The third kappa shape index (κ3) is 2.60. The Labute approximate surface area is 122 Å². The van der Waals surface area contributed by atoms with Crippen LogP contribution in [0.1, 0.15) is 51.4 Å². The number of carbonyl (C=O) groups is 1. The van der Waals surface area contributed by atoms with Crippen molar-refractivity contribution in [2.75, 3.05) is 26.7 Å². The molecule has 4 heteroatoms. The van der Waals surface area contributed by atoms with Gasteiger partial charge in [0, 0.05) is 18.1 Å². The molecule has 2 bridgehead atoms. The Bertz CT molecular complexity index is 357. The highest BCUT2D eigenvalue weighted by Crippen LogP contribution is 2.41. The van der Waals surface area contributed by atoms with Crippen LogP contribution in [0, 0.1) is 5.92 Å². The fourth-order valence-corrected chi connectivity index (χ4v) is 4.87. The van der Waals surface area contributed by atoms with E-state index in [1.54, 1.807) is 0 Å². The predicted octanol–water partition coefficient (Wildman–Crippen LogP) is 2.19. The summed E-state index contributed by atoms with van der Waals surface area (Å²) >= 11 is 0. The van der Waals surface area contributed by atoms with Crippen molar-refractivity contribution >= 4 is 5.97 Å². The molecular weight excluding hydrogens is 252 g/mol. The van der Waals surface area contributed by atoms with Gasteiger partial charge in [0.25, 0.3) is 0 Å². The molecule has 3 aliphatic heterocycles. The highest BCUT2D eigenvalue weighted by Gasteiger charge is 2.45. The average molecular weight is 280 g/mol. The molecule has 1 atom stereocenters. The summed E-state index contributed by atoms with van der Waals surface area (Å²) in [5.74, 6) is 0.164. The van der Waals surface area contributed by atoms with Gasteiger partial charge in [0.2, 0.25) is 0 Å². The molecule has 4 aliphatic rings. The van der Waals surface area contributed by atoms with E-state index < -0.39 is 5.97 Å². The van der Waals surface area contributed by atoms with E-state index in [2.05, 4.69) is 16.8 Å². The van der Waals surface area contributed by atoms with Gasteiger partial charge in [0.15, 0.2) is 0 Å². The third-order valence-corrected chi connectivity index (χ3v) is 6.13. The van der Waals surface area contributed by atoms with Gasteiger partial charge in [0.05, 0.1) is 6.42 Å². The van der Waals surface area contributed by atoms with E-state index in [0.29, 0.717) is 12.5 Å². The number of carboxylic acid groups (broad SMARTS) is 1. The van der Waals surface area contributed by atoms with E-state index in [1.807, 2.05) is 0 Å². The van der Waals surface area contributed by atoms with Crippen LogP contribution in [0.25, 0.3) is 0 Å². The summed E-state index contributed by atoms with van der Waals surface area (Å²) in [5, 5.41) is 9.37. The van der Waals surface area contributed by atoms with Gasteiger partial charge in [-0.3, -0.25) is 9.69 Å². The molecule has 4 rings (SSSR count). The zero-order valence-corrected chi connectivity index (χ0v) is 12.7. The molecule has 1 saturated carbocycles. The van der Waals surface area contributed by atoms with Crippen LogP contribution in [0.5, 0.6) is 0 Å². The molecular formula is C16H28N2O2. The van der Waals surface area contributed by atoms with Crippen LogP contribution in [0.3, 0.4) is 0 Å². The van der Waals surface area contributed by atoms with Crippen molar-refractivity contribution < 1.29 is 9.90 Å². The first kappa shape index (κ1) is 14.3. The lowest BCUT2D eigenvalue weighted by Gasteiger charge is -2.55. The number of carboxylic acids is 1. The zero-order valence-electron chi connectivity index (χ0n) is 12.7. The maximum Gasteiger partial charge on any atom is 0.305 e. The first-order valence-electron chi connectivity index (χ1n) is 8.28. The minimum Gasteiger partial charge on any atom is -0.481 e. The van der Waals surface area contributed by atoms with Gasteiger partial charge in [-0.15, -0.1) is 0 Å². The van der Waals surface area contributed by atoms with Gasteiger partial charge in [-0.05, 0) is 51.7 Å². The van der Waals surface area contributed by atoms with Gasteiger partial charge in [-0.1, -0.05) is 19.3 Å². The first-order chi connectivity index (χ1) is 9.61. The molecule has 1 unspecified atom stereocenters. The predicted molar refractivity (Wildman–Crippen MR) is 78.8 cm³/mol. The Morgan fingerprint density at radius 1 is 1.25 bits per heavy atom. The molecule has 3 saturated heterocycles. The summed E-state index contributed by atoms with van der Waals surface area (Å²) in [6, 6.07) is 0.579. The number of rotatable bonds is 4. The highest BCUT2D eigenvalue weighted by atomic mass is 16.4. The zero-order chi connectivity index (χ0) is 14.2. The second kappa shape index (κ2) is 5.64. The molecule has 3 heterocycles. The molecule has 4 fully saturated rings. The molecule has 0 aromatic carbocycles. The van der Waals surface area contributed by atoms with Gasteiger partial charge in [-0.25, -0.2) is 0 Å². The van der Waals surface area contributed by atoms with Gasteiger partial charge in [0.1, 0.15) is 0 Å². The van der Waals surface area contributed by atoms with Crippen molar-refractivity contribution in [1.29, 1.82) is 0 Å². The fraction of sp³-hybridized carbons (Fsp3) is 0.938. The van der Waals surface area contributed by atoms with Crippen LogP contribution < -0.4 is 0 Å². The number of nitrogens with zero attached hydrogens (tertiary/aromatic N) is 2. The molecule has 1 N–H and O–H groups in total. The normalized spacial score (nSPS) is 36.2. The van der Waals surface area contributed by atoms with Crippen molar-refractivity contribution in [1.82, 2.24) is 9.80 Å². The van der Waals surface area contributed by atoms with Crippen molar-refractivity contribution in [3.05, 3.63) is 0 Å². The van der Waals surface area contributed by atoms with Crippen LogP contribution in [0.15, 0.2) is 0 Å². The topological polar surface area (TPSA) is 43.8 Å². The monoisotopic (exact) mass is 280 g/mol. The summed E-state index contributed by atoms with van der Waals surface area (Å²) in [7, 11) is 2.21. The summed E-state index contributed by atoms with van der Waals surface area (Å²) in [6.45, 7) is 3.66. The molecule has 0 spiro atoms. The van der Waals surface area contributed by atoms with E-state index in [4.69, 9.17) is 0 Å². The summed E-state index contributed by atoms with van der Waals surface area (Å²) in [5.41, 5.74) is -0.0760. The standard InChI is InChI=1S/C16H28N2O2/c1-17(14-12-18-9-5-13(14)6-10-18)16(11-15(19)20)7-3-2-4-8-16/h13-14H,2-12H2,1H3,(H,19,20). The Kier molecular flexibility index (Phi) is 4.04. The highest BCUT2D eigenvalue weighted by molar-refractivity contribution is 5.68. The van der Waals surface area contributed by atoms with Gasteiger partial charge in [-0.2, -0.15) is 0 Å². The SMILES string of the molecule is CN(C1CN2CCC1CC2)C1(CC(=O)O)CCCCC1. The van der Waals surface area contributed by atoms with Crippen molar-refractivity contribution in [3.8, 4) is 0 Å². The maximum absolute atomic E-state index is 11.4. The lowest BCUT2D eigenvalue weighted by atomic mass is 9.74. The van der Waals surface area contributed by atoms with Crippen molar-refractivity contribution in [2.45, 2.75) is 62.9 Å². The quantitative estimate of drug-likeness (QED) is 0.857. The second-order valence-corrected chi connectivity index (χ2v) is 7.17. The Hall–Kier alpha value is -0.610. The number of aliphatic carboxylic acids is 1. The van der Waals surface area contributed by atoms with E-state index in [1.165, 1.54) is 45.2 Å². The minimum absolute atomic E-state index is 0.0760. The molecule has 4 nitrogen and oxygen atoms in total. The van der Waals surface area contributed by atoms with E-state index in [-0.39, 0.29) is 5.54 Å². The van der Waals surface area contributed by atoms with Crippen molar-refractivity contribution in [2.24, 2.45) is 5.92 Å². The van der Waals surface area contributed by atoms with E-state index in [0.717, 1.165) is 25.3 Å². The molecule has 1 aliphatic carbocycles. The molecule has 0 radical (unpaired) electrons. The van der Waals surface area contributed by atoms with E-state index >= 15 is 0 Å². The van der Waals surface area contributed by atoms with Crippen LogP contribution in [-0.4, -0.2) is 59.1 Å². The Morgan fingerprint density at radius 2 is 1.90 bits per heavy atom. The van der Waals surface area contributed by atoms with Crippen molar-refractivity contribution in [3.63, 3.8) is 0 Å². The van der Waals surface area contributed by atoms with Crippen LogP contribution in [0.2, 0.25) is 0 Å². The number of likely N-dealkylation sites (N-methyl/N-ethyl adjacent to an activating group) is 1. The molecule has 0 amide bonds. The summed E-state index contributed by atoms with van der Waals surface area (Å²) in [6.07, 6.45) is 8.73. The van der Waals surface area contributed by atoms with Crippen LogP contribution in [0.4, 0.5) is 0 Å². The van der Waals surface area contributed by atoms with Gasteiger partial charge < -0.3 is 10.0 Å². The third-order valence-electron chi connectivity index (χ3n) is 6.13. The maximum atomic E-state index is 11.4. The lowest BCUT2D eigenvalue weighted by Crippen LogP contribution is -2.63.